The van der Waals surface area contributed by atoms with Gasteiger partial charge in [-0.25, -0.2) is 8.42 Å². The molecule has 0 aromatic heterocycles. The molecule has 6 heteroatoms. The molecular weight excluding hydrogens is 350 g/mol. The molecule has 0 spiro atoms. The number of methoxy groups -OCH3 is 1. The highest BCUT2D eigenvalue weighted by molar-refractivity contribution is 7.89. The molecule has 2 aromatic carbocycles. The van der Waals surface area contributed by atoms with Crippen LogP contribution in [-0.2, 0) is 23.1 Å². The lowest BCUT2D eigenvalue weighted by atomic mass is 10.2. The van der Waals surface area contributed by atoms with Gasteiger partial charge in [-0.1, -0.05) is 30.3 Å². The third kappa shape index (κ3) is 5.09. The number of hydrogen-bond donors (Lipinski definition) is 1. The van der Waals surface area contributed by atoms with Crippen LogP contribution in [0.25, 0.3) is 0 Å². The second kappa shape index (κ2) is 8.87. The van der Waals surface area contributed by atoms with Crippen molar-refractivity contribution in [3.63, 3.8) is 0 Å². The van der Waals surface area contributed by atoms with Crippen LogP contribution in [0.15, 0.2) is 61.2 Å². The topological polar surface area (TPSA) is 66.8 Å². The fraction of sp³-hybridized carbons (Fsp3) is 0.300. The predicted molar refractivity (Wildman–Crippen MR) is 104 cm³/mol. The van der Waals surface area contributed by atoms with E-state index in [-0.39, 0.29) is 18.8 Å². The SMILES string of the molecule is C=CC[C@@H](C)S(=O)(=O)N(Cc1ccc(O)cc1)Cc1ccc(OC)cc1. The van der Waals surface area contributed by atoms with E-state index < -0.39 is 15.3 Å². The zero-order chi connectivity index (χ0) is 19.2. The molecule has 0 bridgehead atoms. The van der Waals surface area contributed by atoms with Crippen molar-refractivity contribution in [3.8, 4) is 11.5 Å². The maximum atomic E-state index is 13.0. The molecule has 0 amide bonds. The van der Waals surface area contributed by atoms with Crippen molar-refractivity contribution in [2.24, 2.45) is 0 Å². The third-order valence-electron chi connectivity index (χ3n) is 4.18. The summed E-state index contributed by atoms with van der Waals surface area (Å²) in [6.07, 6.45) is 2.01. The Kier molecular flexibility index (Phi) is 6.83. The summed E-state index contributed by atoms with van der Waals surface area (Å²) < 4.78 is 32.7. The lowest BCUT2D eigenvalue weighted by molar-refractivity contribution is 0.393. The Hall–Kier alpha value is -2.31. The monoisotopic (exact) mass is 375 g/mol. The molecule has 1 N–H and O–H groups in total. The van der Waals surface area contributed by atoms with Crippen molar-refractivity contribution < 1.29 is 18.3 Å². The second-order valence-corrected chi connectivity index (χ2v) is 8.51. The highest BCUT2D eigenvalue weighted by Gasteiger charge is 2.28. The van der Waals surface area contributed by atoms with Crippen LogP contribution >= 0.6 is 0 Å². The van der Waals surface area contributed by atoms with E-state index in [0.29, 0.717) is 6.42 Å². The van der Waals surface area contributed by atoms with Gasteiger partial charge in [0.1, 0.15) is 11.5 Å². The number of phenolic OH excluding ortho intramolecular Hbond substituents is 1. The summed E-state index contributed by atoms with van der Waals surface area (Å²) in [5, 5.41) is 8.88. The number of allylic oxidation sites excluding steroid dienone is 1. The van der Waals surface area contributed by atoms with E-state index in [1.165, 1.54) is 4.31 Å². The zero-order valence-corrected chi connectivity index (χ0v) is 15.9. The van der Waals surface area contributed by atoms with Crippen LogP contribution in [0.3, 0.4) is 0 Å². The second-order valence-electron chi connectivity index (χ2n) is 6.16. The number of benzene rings is 2. The number of sulfonamides is 1. The number of ether oxygens (including phenoxy) is 1. The molecule has 0 heterocycles. The predicted octanol–water partition coefficient (Wildman–Crippen LogP) is 3.70. The molecule has 5 nitrogen and oxygen atoms in total. The molecule has 0 aliphatic heterocycles. The van der Waals surface area contributed by atoms with Crippen molar-refractivity contribution in [1.82, 2.24) is 4.31 Å². The van der Waals surface area contributed by atoms with Gasteiger partial charge in [-0.2, -0.15) is 4.31 Å². The maximum absolute atomic E-state index is 13.0. The Bertz CT molecular complexity index is 814. The fourth-order valence-electron chi connectivity index (χ4n) is 2.59. The summed E-state index contributed by atoms with van der Waals surface area (Å²) in [4.78, 5) is 0. The zero-order valence-electron chi connectivity index (χ0n) is 15.1. The molecule has 2 rings (SSSR count). The third-order valence-corrected chi connectivity index (χ3v) is 6.37. The van der Waals surface area contributed by atoms with Gasteiger partial charge in [0.05, 0.1) is 12.4 Å². The fourth-order valence-corrected chi connectivity index (χ4v) is 4.13. The van der Waals surface area contributed by atoms with Crippen LogP contribution in [0.5, 0.6) is 11.5 Å². The van der Waals surface area contributed by atoms with Gasteiger partial charge in [0.15, 0.2) is 0 Å². The van der Waals surface area contributed by atoms with Crippen molar-refractivity contribution in [3.05, 3.63) is 72.3 Å². The van der Waals surface area contributed by atoms with E-state index in [2.05, 4.69) is 6.58 Å². The van der Waals surface area contributed by atoms with E-state index >= 15 is 0 Å². The number of phenols is 1. The van der Waals surface area contributed by atoms with Gasteiger partial charge in [0.2, 0.25) is 10.0 Å². The first-order chi connectivity index (χ1) is 12.4. The molecular formula is C20H25NO4S. The first-order valence-electron chi connectivity index (χ1n) is 8.37. The minimum atomic E-state index is -3.52. The summed E-state index contributed by atoms with van der Waals surface area (Å²) >= 11 is 0. The van der Waals surface area contributed by atoms with Gasteiger partial charge in [-0.05, 0) is 48.7 Å². The Morgan fingerprint density at radius 3 is 2.04 bits per heavy atom. The number of nitrogens with zero attached hydrogens (tertiary/aromatic N) is 1. The number of rotatable bonds is 9. The first kappa shape index (κ1) is 20.0. The molecule has 140 valence electrons. The molecule has 1 atom stereocenters. The van der Waals surface area contributed by atoms with E-state index in [4.69, 9.17) is 4.74 Å². The Labute approximate surface area is 155 Å². The van der Waals surface area contributed by atoms with Gasteiger partial charge >= 0.3 is 0 Å². The summed E-state index contributed by atoms with van der Waals surface area (Å²) in [6, 6.07) is 13.9. The minimum Gasteiger partial charge on any atom is -0.508 e. The number of aromatic hydroxyl groups is 1. The highest BCUT2D eigenvalue weighted by Crippen LogP contribution is 2.22. The van der Waals surface area contributed by atoms with Crippen LogP contribution in [-0.4, -0.2) is 30.2 Å². The van der Waals surface area contributed by atoms with Crippen LogP contribution in [0.4, 0.5) is 0 Å². The summed E-state index contributed by atoms with van der Waals surface area (Å²) in [6.45, 7) is 5.83. The van der Waals surface area contributed by atoms with Crippen LogP contribution in [0.1, 0.15) is 24.5 Å². The molecule has 0 aliphatic rings. The molecule has 0 unspecified atom stereocenters. The first-order valence-corrected chi connectivity index (χ1v) is 9.88. The van der Waals surface area contributed by atoms with Crippen molar-refractivity contribution in [2.45, 2.75) is 31.7 Å². The van der Waals surface area contributed by atoms with Crippen LogP contribution < -0.4 is 4.74 Å². The smallest absolute Gasteiger partial charge is 0.217 e. The molecule has 2 aromatic rings. The largest absolute Gasteiger partial charge is 0.508 e. The summed E-state index contributed by atoms with van der Waals surface area (Å²) in [5.74, 6) is 0.875. The van der Waals surface area contributed by atoms with E-state index in [1.807, 2.05) is 24.3 Å². The van der Waals surface area contributed by atoms with Crippen molar-refractivity contribution in [2.75, 3.05) is 7.11 Å². The lowest BCUT2D eigenvalue weighted by Gasteiger charge is -2.26. The van der Waals surface area contributed by atoms with Crippen molar-refractivity contribution >= 4 is 10.0 Å². The van der Waals surface area contributed by atoms with E-state index in [9.17, 15) is 13.5 Å². The standard InChI is InChI=1S/C20H25NO4S/c1-4-5-16(2)26(23,24)21(14-17-6-10-19(22)11-7-17)15-18-8-12-20(25-3)13-9-18/h4,6-13,16,22H,1,5,14-15H2,2-3H3/t16-/m1/s1. The molecule has 0 aliphatic carbocycles. The normalized spacial score (nSPS) is 12.7. The Balaban J connectivity index is 2.30. The van der Waals surface area contributed by atoms with Crippen LogP contribution in [0.2, 0.25) is 0 Å². The van der Waals surface area contributed by atoms with Gasteiger partial charge in [0, 0.05) is 13.1 Å². The quantitative estimate of drug-likeness (QED) is 0.679. The molecule has 0 radical (unpaired) electrons. The van der Waals surface area contributed by atoms with E-state index in [0.717, 1.165) is 16.9 Å². The van der Waals surface area contributed by atoms with E-state index in [1.54, 1.807) is 44.4 Å². The Morgan fingerprint density at radius 2 is 1.58 bits per heavy atom. The van der Waals surface area contributed by atoms with Crippen molar-refractivity contribution in [1.29, 1.82) is 0 Å². The Morgan fingerprint density at radius 1 is 1.08 bits per heavy atom. The molecule has 0 saturated heterocycles. The molecule has 0 saturated carbocycles. The summed E-state index contributed by atoms with van der Waals surface area (Å²) in [7, 11) is -1.93. The summed E-state index contributed by atoms with van der Waals surface area (Å²) in [5.41, 5.74) is 1.68. The lowest BCUT2D eigenvalue weighted by Crippen LogP contribution is -2.36. The maximum Gasteiger partial charge on any atom is 0.217 e. The average molecular weight is 375 g/mol. The van der Waals surface area contributed by atoms with Gasteiger partial charge < -0.3 is 9.84 Å². The van der Waals surface area contributed by atoms with Gasteiger partial charge in [-0.3, -0.25) is 0 Å². The number of hydrogen-bond acceptors (Lipinski definition) is 4. The minimum absolute atomic E-state index is 0.151. The van der Waals surface area contributed by atoms with Gasteiger partial charge in [0.25, 0.3) is 0 Å². The highest BCUT2D eigenvalue weighted by atomic mass is 32.2. The average Bonchev–Trinajstić information content (AvgIpc) is 2.63. The molecule has 26 heavy (non-hydrogen) atoms. The van der Waals surface area contributed by atoms with Gasteiger partial charge in [-0.15, -0.1) is 6.58 Å². The van der Waals surface area contributed by atoms with Crippen LogP contribution in [0, 0.1) is 0 Å². The molecule has 0 fully saturated rings.